The zero-order chi connectivity index (χ0) is 14.5. The zero-order valence-electron chi connectivity index (χ0n) is 11.8. The molecule has 0 aromatic rings. The van der Waals surface area contributed by atoms with Gasteiger partial charge in [0.25, 0.3) is 0 Å². The number of carbonyl (C=O) groups excluding carboxylic acids is 1. The second-order valence-electron chi connectivity index (χ2n) is 5.17. The summed E-state index contributed by atoms with van der Waals surface area (Å²) >= 11 is 1.93. The Labute approximate surface area is 123 Å². The van der Waals surface area contributed by atoms with E-state index in [0.717, 1.165) is 25.3 Å². The van der Waals surface area contributed by atoms with Gasteiger partial charge in [-0.1, -0.05) is 6.92 Å². The quantitative estimate of drug-likeness (QED) is 0.845. The van der Waals surface area contributed by atoms with Gasteiger partial charge in [0, 0.05) is 37.2 Å². The molecule has 2 heterocycles. The maximum absolute atomic E-state index is 12.5. The number of ether oxygens (including phenoxy) is 1. The van der Waals surface area contributed by atoms with Gasteiger partial charge in [-0.3, -0.25) is 4.79 Å². The highest BCUT2D eigenvalue weighted by molar-refractivity contribution is 8.00. The van der Waals surface area contributed by atoms with Crippen LogP contribution >= 0.6 is 11.8 Å². The third kappa shape index (κ3) is 4.02. The molecule has 2 aliphatic heterocycles. The van der Waals surface area contributed by atoms with Gasteiger partial charge in [0.15, 0.2) is 0 Å². The first-order chi connectivity index (χ1) is 9.60. The third-order valence-corrected chi connectivity index (χ3v) is 5.05. The number of morpholine rings is 1. The lowest BCUT2D eigenvalue weighted by Gasteiger charge is -2.39. The summed E-state index contributed by atoms with van der Waals surface area (Å²) in [5.74, 6) is 0.0948. The molecule has 0 spiro atoms. The number of hydrogen-bond acceptors (Lipinski definition) is 4. The predicted molar refractivity (Wildman–Crippen MR) is 77.1 cm³/mol. The second-order valence-corrected chi connectivity index (χ2v) is 6.57. The van der Waals surface area contributed by atoms with Gasteiger partial charge in [0.05, 0.1) is 19.1 Å². The molecule has 0 bridgehead atoms. The molecule has 0 radical (unpaired) electrons. The smallest absolute Gasteiger partial charge is 0.320 e. The molecular weight excluding hydrogens is 280 g/mol. The Morgan fingerprint density at radius 1 is 1.30 bits per heavy atom. The van der Waals surface area contributed by atoms with Crippen LogP contribution < -0.4 is 0 Å². The van der Waals surface area contributed by atoms with Crippen LogP contribution in [0, 0.1) is 0 Å². The van der Waals surface area contributed by atoms with E-state index in [4.69, 9.17) is 9.84 Å². The van der Waals surface area contributed by atoms with Crippen molar-refractivity contribution in [2.45, 2.75) is 31.1 Å². The lowest BCUT2D eigenvalue weighted by molar-refractivity contribution is -0.141. The normalized spacial score (nSPS) is 27.4. The van der Waals surface area contributed by atoms with Gasteiger partial charge in [-0.15, -0.1) is 0 Å². The van der Waals surface area contributed by atoms with Crippen LogP contribution in [0.3, 0.4) is 0 Å². The molecule has 2 atom stereocenters. The first-order valence-corrected chi connectivity index (χ1v) is 8.14. The molecule has 2 amide bonds. The SMILES string of the molecule is CCC1CN(C(=O)N2CCOC(CC(=O)O)C2)CCS1. The van der Waals surface area contributed by atoms with Gasteiger partial charge in [-0.05, 0) is 6.42 Å². The van der Waals surface area contributed by atoms with Crippen LogP contribution in [0.15, 0.2) is 0 Å². The van der Waals surface area contributed by atoms with Crippen LogP contribution in [-0.2, 0) is 9.53 Å². The molecule has 20 heavy (non-hydrogen) atoms. The highest BCUT2D eigenvalue weighted by Gasteiger charge is 2.31. The fourth-order valence-electron chi connectivity index (χ4n) is 2.55. The number of hydrogen-bond donors (Lipinski definition) is 1. The number of urea groups is 1. The zero-order valence-corrected chi connectivity index (χ0v) is 12.6. The number of nitrogens with zero attached hydrogens (tertiary/aromatic N) is 2. The molecule has 0 aromatic carbocycles. The summed E-state index contributed by atoms with van der Waals surface area (Å²) in [4.78, 5) is 26.8. The van der Waals surface area contributed by atoms with Crippen LogP contribution in [0.1, 0.15) is 19.8 Å². The summed E-state index contributed by atoms with van der Waals surface area (Å²) in [5, 5.41) is 9.33. The van der Waals surface area contributed by atoms with E-state index in [1.807, 2.05) is 16.7 Å². The van der Waals surface area contributed by atoms with E-state index in [0.29, 0.717) is 24.9 Å². The van der Waals surface area contributed by atoms with E-state index in [1.54, 1.807) is 4.90 Å². The Morgan fingerprint density at radius 2 is 2.05 bits per heavy atom. The summed E-state index contributed by atoms with van der Waals surface area (Å²) in [6.07, 6.45) is 0.641. The van der Waals surface area contributed by atoms with E-state index in [2.05, 4.69) is 6.92 Å². The summed E-state index contributed by atoms with van der Waals surface area (Å²) in [5.41, 5.74) is 0. The van der Waals surface area contributed by atoms with Crippen LogP contribution in [0.4, 0.5) is 4.79 Å². The Kier molecular flexibility index (Phi) is 5.54. The number of thioether (sulfide) groups is 1. The van der Waals surface area contributed by atoms with Crippen molar-refractivity contribution in [3.05, 3.63) is 0 Å². The van der Waals surface area contributed by atoms with Crippen molar-refractivity contribution >= 4 is 23.8 Å². The van der Waals surface area contributed by atoms with Crippen molar-refractivity contribution in [3.8, 4) is 0 Å². The van der Waals surface area contributed by atoms with Gasteiger partial charge < -0.3 is 19.6 Å². The Hall–Kier alpha value is -0.950. The first kappa shape index (κ1) is 15.4. The molecule has 1 N–H and O–H groups in total. The first-order valence-electron chi connectivity index (χ1n) is 7.09. The van der Waals surface area contributed by atoms with Crippen molar-refractivity contribution in [2.75, 3.05) is 38.5 Å². The Bertz CT molecular complexity index is 366. The van der Waals surface area contributed by atoms with E-state index < -0.39 is 5.97 Å². The molecule has 2 rings (SSSR count). The molecule has 7 heteroatoms. The molecule has 2 fully saturated rings. The van der Waals surface area contributed by atoms with Gasteiger partial charge in [-0.2, -0.15) is 11.8 Å². The molecule has 2 aliphatic rings. The van der Waals surface area contributed by atoms with Crippen molar-refractivity contribution < 1.29 is 19.4 Å². The summed E-state index contributed by atoms with van der Waals surface area (Å²) in [7, 11) is 0. The van der Waals surface area contributed by atoms with Gasteiger partial charge in [-0.25, -0.2) is 4.79 Å². The highest BCUT2D eigenvalue weighted by atomic mass is 32.2. The number of carboxylic acids is 1. The lowest BCUT2D eigenvalue weighted by atomic mass is 10.2. The molecule has 0 aliphatic carbocycles. The van der Waals surface area contributed by atoms with Gasteiger partial charge >= 0.3 is 12.0 Å². The van der Waals surface area contributed by atoms with E-state index in [1.165, 1.54) is 0 Å². The number of aliphatic carboxylic acids is 1. The number of carbonyl (C=O) groups is 2. The lowest BCUT2D eigenvalue weighted by Crippen LogP contribution is -2.54. The monoisotopic (exact) mass is 302 g/mol. The summed E-state index contributed by atoms with van der Waals surface area (Å²) < 4.78 is 5.40. The van der Waals surface area contributed by atoms with Crippen molar-refractivity contribution in [3.63, 3.8) is 0 Å². The van der Waals surface area contributed by atoms with Crippen LogP contribution in [0.5, 0.6) is 0 Å². The summed E-state index contributed by atoms with van der Waals surface area (Å²) in [6.45, 7) is 5.07. The maximum atomic E-state index is 12.5. The second kappa shape index (κ2) is 7.17. The minimum atomic E-state index is -0.885. The number of rotatable bonds is 3. The highest BCUT2D eigenvalue weighted by Crippen LogP contribution is 2.22. The average Bonchev–Trinajstić information content (AvgIpc) is 2.46. The molecular formula is C13H22N2O4S. The van der Waals surface area contributed by atoms with Gasteiger partial charge in [0.1, 0.15) is 0 Å². The number of amides is 2. The van der Waals surface area contributed by atoms with Crippen molar-refractivity contribution in [2.24, 2.45) is 0 Å². The average molecular weight is 302 g/mol. The van der Waals surface area contributed by atoms with Crippen LogP contribution in [0.2, 0.25) is 0 Å². The molecule has 0 saturated carbocycles. The van der Waals surface area contributed by atoms with Crippen LogP contribution in [-0.4, -0.2) is 76.8 Å². The minimum Gasteiger partial charge on any atom is -0.481 e. The Balaban J connectivity index is 1.89. The molecule has 2 saturated heterocycles. The fourth-order valence-corrected chi connectivity index (χ4v) is 3.73. The van der Waals surface area contributed by atoms with Crippen molar-refractivity contribution in [1.29, 1.82) is 0 Å². The van der Waals surface area contributed by atoms with Crippen LogP contribution in [0.25, 0.3) is 0 Å². The fraction of sp³-hybridized carbons (Fsp3) is 0.846. The van der Waals surface area contributed by atoms with Gasteiger partial charge in [0.2, 0.25) is 0 Å². The molecule has 0 aromatic heterocycles. The molecule has 114 valence electrons. The molecule has 2 unspecified atom stereocenters. The maximum Gasteiger partial charge on any atom is 0.320 e. The van der Waals surface area contributed by atoms with E-state index in [-0.39, 0.29) is 18.6 Å². The van der Waals surface area contributed by atoms with E-state index >= 15 is 0 Å². The molecule has 6 nitrogen and oxygen atoms in total. The predicted octanol–water partition coefficient (Wildman–Crippen LogP) is 1.11. The standard InChI is InChI=1S/C13H22N2O4S/c1-2-11-9-15(4-6-20-11)13(18)14-3-5-19-10(8-14)7-12(16)17/h10-11H,2-9H2,1H3,(H,16,17). The number of carboxylic acid groups (broad SMARTS) is 1. The largest absolute Gasteiger partial charge is 0.481 e. The van der Waals surface area contributed by atoms with E-state index in [9.17, 15) is 9.59 Å². The van der Waals surface area contributed by atoms with Crippen molar-refractivity contribution in [1.82, 2.24) is 9.80 Å². The third-order valence-electron chi connectivity index (χ3n) is 3.68. The summed E-state index contributed by atoms with van der Waals surface area (Å²) in [6, 6.07) is 0.0300. The topological polar surface area (TPSA) is 70.1 Å². The Morgan fingerprint density at radius 3 is 2.75 bits per heavy atom. The minimum absolute atomic E-state index is 0.0300.